The summed E-state index contributed by atoms with van der Waals surface area (Å²) in [7, 11) is -3.41. The number of rotatable bonds is 3. The molecule has 0 saturated heterocycles. The van der Waals surface area contributed by atoms with Crippen molar-refractivity contribution in [1.82, 2.24) is 10.2 Å². The highest BCUT2D eigenvalue weighted by Crippen LogP contribution is 2.23. The average Bonchev–Trinajstić information content (AvgIpc) is 2.80. The van der Waals surface area contributed by atoms with Crippen molar-refractivity contribution >= 4 is 15.7 Å². The molecule has 5 nitrogen and oxygen atoms in total. The molecule has 2 N–H and O–H groups in total. The molecule has 0 saturated carbocycles. The highest BCUT2D eigenvalue weighted by Gasteiger charge is 2.28. The molecule has 19 heavy (non-hydrogen) atoms. The van der Waals surface area contributed by atoms with E-state index in [1.54, 1.807) is 45.2 Å². The smallest absolute Gasteiger partial charge is 0.237 e. The van der Waals surface area contributed by atoms with Crippen molar-refractivity contribution in [2.24, 2.45) is 0 Å². The number of sulfonamides is 1. The largest absolute Gasteiger partial charge is 0.283 e. The fourth-order valence-corrected chi connectivity index (χ4v) is 2.22. The predicted molar refractivity (Wildman–Crippen MR) is 76.3 cm³/mol. The maximum absolute atomic E-state index is 12.1. The summed E-state index contributed by atoms with van der Waals surface area (Å²) in [6, 6.07) is 9.02. The molecule has 0 atom stereocenters. The summed E-state index contributed by atoms with van der Waals surface area (Å²) in [5, 5.41) is 6.72. The first kappa shape index (κ1) is 13.6. The Hall–Kier alpha value is -1.82. The van der Waals surface area contributed by atoms with Gasteiger partial charge in [-0.25, -0.2) is 8.42 Å². The molecule has 1 aromatic carbocycles. The summed E-state index contributed by atoms with van der Waals surface area (Å²) in [6.07, 6.45) is 1.65. The van der Waals surface area contributed by atoms with E-state index in [-0.39, 0.29) is 0 Å². The van der Waals surface area contributed by atoms with Crippen LogP contribution >= 0.6 is 0 Å². The van der Waals surface area contributed by atoms with E-state index in [1.165, 1.54) is 0 Å². The Morgan fingerprint density at radius 3 is 2.53 bits per heavy atom. The van der Waals surface area contributed by atoms with Gasteiger partial charge in [-0.2, -0.15) is 5.10 Å². The minimum atomic E-state index is -3.41. The Kier molecular flexibility index (Phi) is 3.36. The van der Waals surface area contributed by atoms with Crippen LogP contribution in [0.15, 0.2) is 36.5 Å². The van der Waals surface area contributed by atoms with E-state index in [0.717, 1.165) is 11.3 Å². The molecule has 2 aromatic rings. The maximum atomic E-state index is 12.1. The summed E-state index contributed by atoms with van der Waals surface area (Å²) in [5.41, 5.74) is 2.27. The number of nitrogens with zero attached hydrogens (tertiary/aromatic N) is 1. The SMILES string of the molecule is CC(C)(C)S(=O)(=O)Nc1cccc(-c2ccn[nH]2)c1. The van der Waals surface area contributed by atoms with Crippen LogP contribution in [0.1, 0.15) is 20.8 Å². The molecule has 0 radical (unpaired) electrons. The van der Waals surface area contributed by atoms with Crippen LogP contribution in [0, 0.1) is 0 Å². The van der Waals surface area contributed by atoms with Crippen LogP contribution in [0.25, 0.3) is 11.3 Å². The molecule has 0 aliphatic carbocycles. The third-order valence-electron chi connectivity index (χ3n) is 2.73. The van der Waals surface area contributed by atoms with Crippen LogP contribution in [0.5, 0.6) is 0 Å². The van der Waals surface area contributed by atoms with Crippen LogP contribution in [0.3, 0.4) is 0 Å². The standard InChI is InChI=1S/C13H17N3O2S/c1-13(2,3)19(17,18)16-11-6-4-5-10(9-11)12-7-8-14-15-12/h4-9,16H,1-3H3,(H,14,15). The van der Waals surface area contributed by atoms with Crippen LogP contribution in [0.4, 0.5) is 5.69 Å². The van der Waals surface area contributed by atoms with E-state index >= 15 is 0 Å². The zero-order valence-corrected chi connectivity index (χ0v) is 12.0. The van der Waals surface area contributed by atoms with Gasteiger partial charge >= 0.3 is 0 Å². The quantitative estimate of drug-likeness (QED) is 0.907. The van der Waals surface area contributed by atoms with Crippen LogP contribution in [-0.2, 0) is 10.0 Å². The highest BCUT2D eigenvalue weighted by atomic mass is 32.2. The Morgan fingerprint density at radius 1 is 1.21 bits per heavy atom. The molecule has 0 bridgehead atoms. The number of hydrogen-bond donors (Lipinski definition) is 2. The second kappa shape index (κ2) is 4.70. The van der Waals surface area contributed by atoms with Crippen molar-refractivity contribution in [3.63, 3.8) is 0 Å². The number of H-pyrrole nitrogens is 1. The number of aromatic amines is 1. The van der Waals surface area contributed by atoms with Gasteiger partial charge in [0.1, 0.15) is 0 Å². The first-order valence-electron chi connectivity index (χ1n) is 5.92. The Morgan fingerprint density at radius 2 is 1.95 bits per heavy atom. The van der Waals surface area contributed by atoms with Gasteiger partial charge in [-0.3, -0.25) is 9.82 Å². The van der Waals surface area contributed by atoms with Crippen LogP contribution in [0.2, 0.25) is 0 Å². The molecule has 6 heteroatoms. The molecule has 2 rings (SSSR count). The molecule has 0 aliphatic rings. The molecule has 0 spiro atoms. The molecule has 1 heterocycles. The van der Waals surface area contributed by atoms with Gasteiger partial charge in [0.25, 0.3) is 0 Å². The maximum Gasteiger partial charge on any atom is 0.237 e. The van der Waals surface area contributed by atoms with E-state index in [2.05, 4.69) is 14.9 Å². The third kappa shape index (κ3) is 2.96. The van der Waals surface area contributed by atoms with Gasteiger partial charge < -0.3 is 0 Å². The second-order valence-corrected chi connectivity index (χ2v) is 7.70. The van der Waals surface area contributed by atoms with E-state index in [4.69, 9.17) is 0 Å². The molecular formula is C13H17N3O2S. The summed E-state index contributed by atoms with van der Waals surface area (Å²) in [4.78, 5) is 0. The first-order valence-corrected chi connectivity index (χ1v) is 7.40. The van der Waals surface area contributed by atoms with Crippen molar-refractivity contribution in [1.29, 1.82) is 0 Å². The zero-order chi connectivity index (χ0) is 14.1. The van der Waals surface area contributed by atoms with Crippen molar-refractivity contribution < 1.29 is 8.42 Å². The minimum absolute atomic E-state index is 0.544. The van der Waals surface area contributed by atoms with Crippen LogP contribution in [-0.4, -0.2) is 23.4 Å². The predicted octanol–water partition coefficient (Wildman–Crippen LogP) is 2.62. The Bertz CT molecular complexity index is 655. The van der Waals surface area contributed by atoms with Gasteiger partial charge in [0.05, 0.1) is 10.4 Å². The molecule has 0 aliphatic heterocycles. The van der Waals surface area contributed by atoms with E-state index in [9.17, 15) is 8.42 Å². The highest BCUT2D eigenvalue weighted by molar-refractivity contribution is 7.94. The second-order valence-electron chi connectivity index (χ2n) is 5.27. The molecule has 0 fully saturated rings. The summed E-state index contributed by atoms with van der Waals surface area (Å²) in [5.74, 6) is 0. The lowest BCUT2D eigenvalue weighted by Gasteiger charge is -2.20. The van der Waals surface area contributed by atoms with Crippen molar-refractivity contribution in [3.05, 3.63) is 36.5 Å². The molecular weight excluding hydrogens is 262 g/mol. The lowest BCUT2D eigenvalue weighted by molar-refractivity contribution is 0.566. The Balaban J connectivity index is 2.31. The summed E-state index contributed by atoms with van der Waals surface area (Å²) in [6.45, 7) is 4.98. The fraction of sp³-hybridized carbons (Fsp3) is 0.308. The number of benzene rings is 1. The van der Waals surface area contributed by atoms with Gasteiger partial charge in [-0.05, 0) is 39.0 Å². The normalized spacial score (nSPS) is 12.4. The summed E-state index contributed by atoms with van der Waals surface area (Å²) >= 11 is 0. The number of aromatic nitrogens is 2. The van der Waals surface area contributed by atoms with Crippen LogP contribution < -0.4 is 4.72 Å². The van der Waals surface area contributed by atoms with E-state index < -0.39 is 14.8 Å². The van der Waals surface area contributed by atoms with E-state index in [0.29, 0.717) is 5.69 Å². The fourth-order valence-electron chi connectivity index (χ4n) is 1.48. The minimum Gasteiger partial charge on any atom is -0.283 e. The number of anilines is 1. The lowest BCUT2D eigenvalue weighted by Crippen LogP contribution is -2.33. The monoisotopic (exact) mass is 279 g/mol. The van der Waals surface area contributed by atoms with E-state index in [1.807, 2.05) is 12.1 Å². The average molecular weight is 279 g/mol. The summed E-state index contributed by atoms with van der Waals surface area (Å²) < 4.78 is 25.9. The van der Waals surface area contributed by atoms with Crippen molar-refractivity contribution in [3.8, 4) is 11.3 Å². The van der Waals surface area contributed by atoms with Crippen molar-refractivity contribution in [2.45, 2.75) is 25.5 Å². The number of nitrogens with one attached hydrogen (secondary N) is 2. The molecule has 102 valence electrons. The van der Waals surface area contributed by atoms with Gasteiger partial charge in [0, 0.05) is 17.4 Å². The van der Waals surface area contributed by atoms with Gasteiger partial charge in [0.2, 0.25) is 10.0 Å². The van der Waals surface area contributed by atoms with Gasteiger partial charge in [0.15, 0.2) is 0 Å². The topological polar surface area (TPSA) is 74.8 Å². The van der Waals surface area contributed by atoms with Gasteiger partial charge in [-0.15, -0.1) is 0 Å². The number of hydrogen-bond acceptors (Lipinski definition) is 3. The molecule has 0 unspecified atom stereocenters. The van der Waals surface area contributed by atoms with Gasteiger partial charge in [-0.1, -0.05) is 12.1 Å². The van der Waals surface area contributed by atoms with Crippen molar-refractivity contribution in [2.75, 3.05) is 4.72 Å². The zero-order valence-electron chi connectivity index (χ0n) is 11.1. The first-order chi connectivity index (χ1) is 8.79. The molecule has 0 amide bonds. The third-order valence-corrected chi connectivity index (χ3v) is 4.85. The lowest BCUT2D eigenvalue weighted by atomic mass is 10.1. The molecule has 1 aromatic heterocycles. The Labute approximate surface area is 113 Å².